The second-order valence-electron chi connectivity index (χ2n) is 3.97. The molecule has 0 fully saturated rings. The lowest BCUT2D eigenvalue weighted by atomic mass is 9.92. The van der Waals surface area contributed by atoms with Crippen molar-refractivity contribution >= 4 is 9.84 Å². The molecule has 12 heteroatoms. The van der Waals surface area contributed by atoms with Gasteiger partial charge in [-0.15, -0.1) is 0 Å². The van der Waals surface area contributed by atoms with Crippen LogP contribution >= 0.6 is 0 Å². The van der Waals surface area contributed by atoms with Gasteiger partial charge in [-0.1, -0.05) is 48.5 Å². The number of hydrogen-bond acceptors (Lipinski definition) is 2. The van der Waals surface area contributed by atoms with Gasteiger partial charge in [-0.3, -0.25) is 0 Å². The zero-order valence-corrected chi connectivity index (χ0v) is 17.2. The standard InChI is InChI=1S/C5H6F6.C3H5F3O2S.3C2H6/c1-3(2,4(6,7)8)5(9,10)11;1-2-9(7,8)3(4,5)6;3*1-2/h1-2H3;2H2,1H3;3*1-2H3. The Bertz CT molecular complexity index is 390. The van der Waals surface area contributed by atoms with Crippen LogP contribution in [0.1, 0.15) is 62.3 Å². The second-order valence-corrected chi connectivity index (χ2v) is 6.24. The largest absolute Gasteiger partial charge is 0.497 e. The fraction of sp³-hybridized carbons (Fsp3) is 1.00. The Morgan fingerprint density at radius 1 is 0.615 bits per heavy atom. The maximum Gasteiger partial charge on any atom is 0.497 e. The lowest BCUT2D eigenvalue weighted by Gasteiger charge is -2.29. The van der Waals surface area contributed by atoms with Gasteiger partial charge in [0.25, 0.3) is 0 Å². The molecule has 0 amide bonds. The van der Waals surface area contributed by atoms with Crippen LogP contribution in [0.2, 0.25) is 0 Å². The van der Waals surface area contributed by atoms with E-state index in [1.54, 1.807) is 0 Å². The third-order valence-electron chi connectivity index (χ3n) is 2.15. The highest BCUT2D eigenvalue weighted by molar-refractivity contribution is 7.92. The molecular formula is C14H29F9O2S. The molecule has 0 heterocycles. The molecule has 0 rings (SSSR count). The molecule has 2 nitrogen and oxygen atoms in total. The van der Waals surface area contributed by atoms with Crippen molar-refractivity contribution in [3.63, 3.8) is 0 Å². The minimum atomic E-state index is -5.24. The minimum absolute atomic E-state index is 0.104. The van der Waals surface area contributed by atoms with E-state index < -0.39 is 38.9 Å². The molecule has 0 unspecified atom stereocenters. The quantitative estimate of drug-likeness (QED) is 0.412. The van der Waals surface area contributed by atoms with E-state index in [-0.39, 0.29) is 13.8 Å². The predicted octanol–water partition coefficient (Wildman–Crippen LogP) is 7.16. The van der Waals surface area contributed by atoms with Crippen LogP contribution in [-0.4, -0.2) is 32.0 Å². The molecule has 0 bridgehead atoms. The van der Waals surface area contributed by atoms with Crippen LogP contribution in [0, 0.1) is 5.41 Å². The van der Waals surface area contributed by atoms with Gasteiger partial charge in [-0.25, -0.2) is 8.42 Å². The summed E-state index contributed by atoms with van der Waals surface area (Å²) >= 11 is 0. The average Bonchev–Trinajstić information content (AvgIpc) is 2.50. The maximum atomic E-state index is 11.6. The highest BCUT2D eigenvalue weighted by Crippen LogP contribution is 2.49. The molecule has 0 aromatic rings. The van der Waals surface area contributed by atoms with E-state index in [1.165, 1.54) is 0 Å². The van der Waals surface area contributed by atoms with Crippen LogP contribution < -0.4 is 0 Å². The van der Waals surface area contributed by atoms with Crippen LogP contribution in [0.3, 0.4) is 0 Å². The third kappa shape index (κ3) is 13.5. The number of hydrogen-bond donors (Lipinski definition) is 0. The van der Waals surface area contributed by atoms with Crippen LogP contribution in [0.4, 0.5) is 39.5 Å². The third-order valence-corrected chi connectivity index (χ3v) is 3.62. The molecule has 26 heavy (non-hydrogen) atoms. The number of halogens is 9. The van der Waals surface area contributed by atoms with E-state index in [0.717, 1.165) is 6.92 Å². The van der Waals surface area contributed by atoms with E-state index in [1.807, 2.05) is 41.5 Å². The van der Waals surface area contributed by atoms with Gasteiger partial charge in [0.15, 0.2) is 5.41 Å². The molecule has 0 aliphatic heterocycles. The van der Waals surface area contributed by atoms with Crippen LogP contribution in [0.25, 0.3) is 0 Å². The summed E-state index contributed by atoms with van der Waals surface area (Å²) in [5.41, 5.74) is -8.71. The summed E-state index contributed by atoms with van der Waals surface area (Å²) in [6.07, 6.45) is -10.5. The van der Waals surface area contributed by atoms with Crippen molar-refractivity contribution in [1.82, 2.24) is 0 Å². The van der Waals surface area contributed by atoms with Gasteiger partial charge >= 0.3 is 17.9 Å². The van der Waals surface area contributed by atoms with Gasteiger partial charge in [0.05, 0.1) is 5.75 Å². The molecule has 166 valence electrons. The van der Waals surface area contributed by atoms with Crippen molar-refractivity contribution in [1.29, 1.82) is 0 Å². The van der Waals surface area contributed by atoms with Crippen molar-refractivity contribution < 1.29 is 47.9 Å². The van der Waals surface area contributed by atoms with E-state index in [2.05, 4.69) is 0 Å². The summed E-state index contributed by atoms with van der Waals surface area (Å²) in [4.78, 5) is 0. The maximum absolute atomic E-state index is 11.6. The number of rotatable bonds is 1. The molecule has 0 N–H and O–H groups in total. The van der Waals surface area contributed by atoms with Crippen molar-refractivity contribution in [2.45, 2.75) is 80.2 Å². The SMILES string of the molecule is CC.CC.CC.CC(C)(C(F)(F)F)C(F)(F)F.CCS(=O)(=O)C(F)(F)F. The van der Waals surface area contributed by atoms with Crippen molar-refractivity contribution in [2.24, 2.45) is 5.41 Å². The fourth-order valence-electron chi connectivity index (χ4n) is 0.324. The van der Waals surface area contributed by atoms with Crippen LogP contribution in [0.15, 0.2) is 0 Å². The van der Waals surface area contributed by atoms with E-state index in [4.69, 9.17) is 0 Å². The molecular weight excluding hydrogens is 403 g/mol. The molecule has 0 spiro atoms. The minimum Gasteiger partial charge on any atom is -0.220 e. The Morgan fingerprint density at radius 2 is 0.808 bits per heavy atom. The summed E-state index contributed by atoms with van der Waals surface area (Å²) in [6.45, 7) is 13.2. The number of alkyl halides is 9. The van der Waals surface area contributed by atoms with Crippen molar-refractivity contribution in [3.05, 3.63) is 0 Å². The van der Waals surface area contributed by atoms with Gasteiger partial charge in [0.1, 0.15) is 0 Å². The second kappa shape index (κ2) is 14.4. The van der Waals surface area contributed by atoms with E-state index >= 15 is 0 Å². The lowest BCUT2D eigenvalue weighted by molar-refractivity contribution is -0.327. The van der Waals surface area contributed by atoms with Gasteiger partial charge in [-0.2, -0.15) is 39.5 Å². The van der Waals surface area contributed by atoms with E-state index in [0.29, 0.717) is 0 Å². The molecule has 0 aromatic heterocycles. The van der Waals surface area contributed by atoms with Crippen LogP contribution in [-0.2, 0) is 9.84 Å². The summed E-state index contributed by atoms with van der Waals surface area (Å²) in [5, 5.41) is 0. The first-order chi connectivity index (χ1) is 11.3. The normalized spacial score (nSPS) is 11.9. The summed E-state index contributed by atoms with van der Waals surface area (Å²) in [6, 6.07) is 0. The molecule has 0 aliphatic rings. The molecule has 0 aromatic carbocycles. The Kier molecular flexibility index (Phi) is 20.1. The van der Waals surface area contributed by atoms with E-state index in [9.17, 15) is 47.9 Å². The molecule has 0 aliphatic carbocycles. The Hall–Kier alpha value is -0.680. The summed E-state index contributed by atoms with van der Waals surface area (Å²) in [7, 11) is -4.84. The Morgan fingerprint density at radius 3 is 0.808 bits per heavy atom. The smallest absolute Gasteiger partial charge is 0.220 e. The fourth-order valence-corrected chi connectivity index (χ4v) is 0.652. The molecule has 0 radical (unpaired) electrons. The van der Waals surface area contributed by atoms with Gasteiger partial charge < -0.3 is 0 Å². The Labute approximate surface area is 150 Å². The summed E-state index contributed by atoms with van der Waals surface area (Å²) in [5.74, 6) is -0.892. The molecule has 0 saturated heterocycles. The predicted molar refractivity (Wildman–Crippen MR) is 85.5 cm³/mol. The molecule has 0 atom stereocenters. The Balaban J connectivity index is -0.0000000884. The molecule has 0 saturated carbocycles. The summed E-state index contributed by atoms with van der Waals surface area (Å²) < 4.78 is 123. The first kappa shape index (κ1) is 36.3. The van der Waals surface area contributed by atoms with Gasteiger partial charge in [-0.05, 0) is 13.8 Å². The zero-order chi connectivity index (χ0) is 23.2. The van der Waals surface area contributed by atoms with Gasteiger partial charge in [0, 0.05) is 0 Å². The van der Waals surface area contributed by atoms with Crippen molar-refractivity contribution in [3.8, 4) is 0 Å². The first-order valence-corrected chi connectivity index (χ1v) is 9.39. The zero-order valence-electron chi connectivity index (χ0n) is 16.3. The van der Waals surface area contributed by atoms with Crippen LogP contribution in [0.5, 0.6) is 0 Å². The average molecular weight is 432 g/mol. The highest BCUT2D eigenvalue weighted by Gasteiger charge is 2.64. The van der Waals surface area contributed by atoms with Crippen molar-refractivity contribution in [2.75, 3.05) is 5.75 Å². The monoisotopic (exact) mass is 432 g/mol. The first-order valence-electron chi connectivity index (χ1n) is 7.73. The highest BCUT2D eigenvalue weighted by atomic mass is 32.2. The lowest BCUT2D eigenvalue weighted by Crippen LogP contribution is -2.44. The van der Waals surface area contributed by atoms with Gasteiger partial charge in [0.2, 0.25) is 9.84 Å². The topological polar surface area (TPSA) is 34.1 Å². The number of sulfone groups is 1.